The van der Waals surface area contributed by atoms with Crippen molar-refractivity contribution in [3.8, 4) is 11.5 Å². The van der Waals surface area contributed by atoms with Gasteiger partial charge in [-0.15, -0.1) is 0 Å². The molecule has 0 bridgehead atoms. The Balaban J connectivity index is 1.36. The standard InChI is InChI=1S/C27H25N3O3/c1-32-25-14-12-21(18-23(25)20-33-24-10-6-3-7-11-24)13-15-27(31)28-26-16-17-30(29-26)19-22-8-4-2-5-9-22/h2-18H,19-20H2,1H3,(H,28,29,31)/b15-13+. The Kier molecular flexibility index (Phi) is 7.18. The predicted molar refractivity (Wildman–Crippen MR) is 129 cm³/mol. The highest BCUT2D eigenvalue weighted by atomic mass is 16.5. The molecule has 0 saturated heterocycles. The van der Waals surface area contributed by atoms with Crippen LogP contribution >= 0.6 is 0 Å². The largest absolute Gasteiger partial charge is 0.496 e. The molecule has 166 valence electrons. The van der Waals surface area contributed by atoms with Gasteiger partial charge in [-0.1, -0.05) is 54.6 Å². The molecule has 33 heavy (non-hydrogen) atoms. The number of amides is 1. The monoisotopic (exact) mass is 439 g/mol. The van der Waals surface area contributed by atoms with Gasteiger partial charge in [0.2, 0.25) is 5.91 Å². The van der Waals surface area contributed by atoms with Gasteiger partial charge < -0.3 is 14.8 Å². The quantitative estimate of drug-likeness (QED) is 0.366. The van der Waals surface area contributed by atoms with E-state index in [1.807, 2.05) is 85.1 Å². The smallest absolute Gasteiger partial charge is 0.249 e. The van der Waals surface area contributed by atoms with Gasteiger partial charge in [0.25, 0.3) is 0 Å². The third-order valence-corrected chi connectivity index (χ3v) is 4.95. The summed E-state index contributed by atoms with van der Waals surface area (Å²) in [6, 6.07) is 27.1. The first kappa shape index (κ1) is 21.9. The lowest BCUT2D eigenvalue weighted by Gasteiger charge is -2.11. The zero-order valence-corrected chi connectivity index (χ0v) is 18.3. The summed E-state index contributed by atoms with van der Waals surface area (Å²) < 4.78 is 13.1. The number of nitrogens with zero attached hydrogens (tertiary/aromatic N) is 2. The molecule has 4 rings (SSSR count). The van der Waals surface area contributed by atoms with Crippen molar-refractivity contribution in [1.29, 1.82) is 0 Å². The topological polar surface area (TPSA) is 65.4 Å². The lowest BCUT2D eigenvalue weighted by Crippen LogP contribution is -2.09. The summed E-state index contributed by atoms with van der Waals surface area (Å²) in [5.74, 6) is 1.77. The molecule has 0 aliphatic heterocycles. The van der Waals surface area contributed by atoms with Gasteiger partial charge in [0, 0.05) is 23.9 Å². The number of ether oxygens (including phenoxy) is 2. The fourth-order valence-corrected chi connectivity index (χ4v) is 3.32. The zero-order chi connectivity index (χ0) is 22.9. The van der Waals surface area contributed by atoms with Crippen molar-refractivity contribution < 1.29 is 14.3 Å². The normalized spacial score (nSPS) is 10.8. The van der Waals surface area contributed by atoms with E-state index in [4.69, 9.17) is 9.47 Å². The molecule has 1 N–H and O–H groups in total. The van der Waals surface area contributed by atoms with Crippen LogP contribution in [-0.2, 0) is 17.9 Å². The molecule has 3 aromatic carbocycles. The molecule has 0 radical (unpaired) electrons. The molecule has 0 saturated carbocycles. The fourth-order valence-electron chi connectivity index (χ4n) is 3.32. The van der Waals surface area contributed by atoms with Crippen LogP contribution in [0.25, 0.3) is 6.08 Å². The van der Waals surface area contributed by atoms with Crippen LogP contribution in [0.2, 0.25) is 0 Å². The van der Waals surface area contributed by atoms with E-state index in [1.165, 1.54) is 6.08 Å². The number of carbonyl (C=O) groups is 1. The molecule has 1 amide bonds. The lowest BCUT2D eigenvalue weighted by atomic mass is 10.1. The highest BCUT2D eigenvalue weighted by Gasteiger charge is 2.06. The molecule has 0 aliphatic rings. The second kappa shape index (κ2) is 10.8. The Labute approximate surface area is 193 Å². The van der Waals surface area contributed by atoms with E-state index >= 15 is 0 Å². The maximum Gasteiger partial charge on any atom is 0.249 e. The predicted octanol–water partition coefficient (Wildman–Crippen LogP) is 5.17. The van der Waals surface area contributed by atoms with E-state index in [9.17, 15) is 4.79 Å². The maximum atomic E-state index is 12.4. The van der Waals surface area contributed by atoms with E-state index in [1.54, 1.807) is 23.9 Å². The van der Waals surface area contributed by atoms with Crippen LogP contribution in [0.3, 0.4) is 0 Å². The Hall–Kier alpha value is -4.32. The number of rotatable bonds is 9. The van der Waals surface area contributed by atoms with Crippen LogP contribution in [0.4, 0.5) is 5.82 Å². The molecular weight excluding hydrogens is 414 g/mol. The summed E-state index contributed by atoms with van der Waals surface area (Å²) in [5.41, 5.74) is 2.90. The van der Waals surface area contributed by atoms with Crippen molar-refractivity contribution >= 4 is 17.8 Å². The number of carbonyl (C=O) groups excluding carboxylic acids is 1. The lowest BCUT2D eigenvalue weighted by molar-refractivity contribution is -0.111. The van der Waals surface area contributed by atoms with E-state index in [0.29, 0.717) is 19.0 Å². The minimum atomic E-state index is -0.252. The van der Waals surface area contributed by atoms with Crippen LogP contribution in [0.15, 0.2) is 97.2 Å². The van der Waals surface area contributed by atoms with Crippen LogP contribution in [0.1, 0.15) is 16.7 Å². The summed E-state index contributed by atoms with van der Waals surface area (Å²) >= 11 is 0. The van der Waals surface area contributed by atoms with Gasteiger partial charge in [-0.05, 0) is 41.5 Å². The number of nitrogens with one attached hydrogen (secondary N) is 1. The second-order valence-corrected chi connectivity index (χ2v) is 7.38. The van der Waals surface area contributed by atoms with Crippen molar-refractivity contribution in [1.82, 2.24) is 9.78 Å². The zero-order valence-electron chi connectivity index (χ0n) is 18.3. The van der Waals surface area contributed by atoms with Gasteiger partial charge in [-0.2, -0.15) is 5.10 Å². The van der Waals surface area contributed by atoms with Crippen molar-refractivity contribution in [3.05, 3.63) is 114 Å². The fraction of sp³-hybridized carbons (Fsp3) is 0.111. The van der Waals surface area contributed by atoms with Crippen molar-refractivity contribution in [2.45, 2.75) is 13.2 Å². The first-order valence-electron chi connectivity index (χ1n) is 10.6. The molecule has 4 aromatic rings. The van der Waals surface area contributed by atoms with E-state index in [0.717, 1.165) is 28.2 Å². The molecular formula is C27H25N3O3. The number of methoxy groups -OCH3 is 1. The van der Waals surface area contributed by atoms with Gasteiger partial charge in [-0.25, -0.2) is 0 Å². The number of para-hydroxylation sites is 1. The summed E-state index contributed by atoms with van der Waals surface area (Å²) in [5, 5.41) is 7.20. The van der Waals surface area contributed by atoms with Crippen LogP contribution in [0.5, 0.6) is 11.5 Å². The van der Waals surface area contributed by atoms with Crippen molar-refractivity contribution in [2.24, 2.45) is 0 Å². The Bertz CT molecular complexity index is 1220. The average Bonchev–Trinajstić information content (AvgIpc) is 3.29. The third-order valence-electron chi connectivity index (χ3n) is 4.95. The summed E-state index contributed by atoms with van der Waals surface area (Å²) in [4.78, 5) is 12.4. The van der Waals surface area contributed by atoms with Gasteiger partial charge in [-0.3, -0.25) is 9.48 Å². The molecule has 0 atom stereocenters. The highest BCUT2D eigenvalue weighted by molar-refractivity contribution is 6.01. The minimum absolute atomic E-state index is 0.252. The summed E-state index contributed by atoms with van der Waals surface area (Å²) in [6.45, 7) is 1.01. The minimum Gasteiger partial charge on any atom is -0.496 e. The molecule has 0 unspecified atom stereocenters. The second-order valence-electron chi connectivity index (χ2n) is 7.38. The van der Waals surface area contributed by atoms with Crippen molar-refractivity contribution in [2.75, 3.05) is 12.4 Å². The molecule has 0 aliphatic carbocycles. The van der Waals surface area contributed by atoms with Crippen LogP contribution < -0.4 is 14.8 Å². The molecule has 6 heteroatoms. The molecule has 6 nitrogen and oxygen atoms in total. The van der Waals surface area contributed by atoms with Gasteiger partial charge >= 0.3 is 0 Å². The summed E-state index contributed by atoms with van der Waals surface area (Å²) in [7, 11) is 1.63. The van der Waals surface area contributed by atoms with E-state index in [-0.39, 0.29) is 5.91 Å². The number of hydrogen-bond donors (Lipinski definition) is 1. The number of aromatic nitrogens is 2. The molecule has 1 aromatic heterocycles. The van der Waals surface area contributed by atoms with Crippen LogP contribution in [-0.4, -0.2) is 22.8 Å². The van der Waals surface area contributed by atoms with E-state index < -0.39 is 0 Å². The van der Waals surface area contributed by atoms with Crippen LogP contribution in [0, 0.1) is 0 Å². The maximum absolute atomic E-state index is 12.4. The van der Waals surface area contributed by atoms with Crippen molar-refractivity contribution in [3.63, 3.8) is 0 Å². The van der Waals surface area contributed by atoms with Gasteiger partial charge in [0.05, 0.1) is 13.7 Å². The number of anilines is 1. The Morgan fingerprint density at radius 2 is 1.76 bits per heavy atom. The third kappa shape index (κ3) is 6.33. The summed E-state index contributed by atoms with van der Waals surface area (Å²) in [6.07, 6.45) is 5.08. The molecule has 0 fully saturated rings. The van der Waals surface area contributed by atoms with Gasteiger partial charge in [0.15, 0.2) is 5.82 Å². The number of hydrogen-bond acceptors (Lipinski definition) is 4. The first-order valence-corrected chi connectivity index (χ1v) is 10.6. The van der Waals surface area contributed by atoms with E-state index in [2.05, 4.69) is 10.4 Å². The Morgan fingerprint density at radius 1 is 1.00 bits per heavy atom. The van der Waals surface area contributed by atoms with Gasteiger partial charge in [0.1, 0.15) is 18.1 Å². The highest BCUT2D eigenvalue weighted by Crippen LogP contribution is 2.23. The number of benzene rings is 3. The SMILES string of the molecule is COc1ccc(/C=C/C(=O)Nc2ccn(Cc3ccccc3)n2)cc1COc1ccccc1. The average molecular weight is 440 g/mol. The molecule has 1 heterocycles. The Morgan fingerprint density at radius 3 is 2.52 bits per heavy atom. The first-order chi connectivity index (χ1) is 16.2. The molecule has 0 spiro atoms.